The Morgan fingerprint density at radius 3 is 2.65 bits per heavy atom. The fourth-order valence-corrected chi connectivity index (χ4v) is 3.70. The molecule has 2 nitrogen and oxygen atoms in total. The lowest BCUT2D eigenvalue weighted by Crippen LogP contribution is -2.16. The largest absolute Gasteiger partial charge is 0.453 e. The fraction of sp³-hybridized carbons (Fsp3) is 0.458. The van der Waals surface area contributed by atoms with Crippen LogP contribution in [0.1, 0.15) is 75.7 Å². The van der Waals surface area contributed by atoms with Gasteiger partial charge in [0.15, 0.2) is 0 Å². The van der Waals surface area contributed by atoms with Gasteiger partial charge in [-0.2, -0.15) is 0 Å². The Bertz CT molecular complexity index is 801. The molecule has 0 heterocycles. The van der Waals surface area contributed by atoms with Gasteiger partial charge in [0.25, 0.3) is 0 Å². The highest BCUT2D eigenvalue weighted by atomic mass is 16.5. The first-order chi connectivity index (χ1) is 12.6. The molecular formula is C24H30O2. The Morgan fingerprint density at radius 1 is 1.08 bits per heavy atom. The predicted molar refractivity (Wildman–Crippen MR) is 109 cm³/mol. The number of unbranched alkanes of at least 4 members (excludes halogenated alkanes) is 4. The van der Waals surface area contributed by atoms with Crippen LogP contribution in [0.3, 0.4) is 0 Å². The second-order valence-electron chi connectivity index (χ2n) is 7.62. The fourth-order valence-electron chi connectivity index (χ4n) is 3.70. The van der Waals surface area contributed by atoms with Crippen LogP contribution >= 0.6 is 0 Å². The van der Waals surface area contributed by atoms with Crippen LogP contribution in [0.4, 0.5) is 0 Å². The Kier molecular flexibility index (Phi) is 6.13. The van der Waals surface area contributed by atoms with Crippen LogP contribution in [-0.2, 0) is 16.0 Å². The van der Waals surface area contributed by atoms with Crippen LogP contribution in [0.5, 0.6) is 0 Å². The number of carbonyl (C=O) groups is 1. The van der Waals surface area contributed by atoms with Crippen molar-refractivity contribution >= 4 is 22.8 Å². The molecule has 2 aromatic carbocycles. The molecule has 0 radical (unpaired) electrons. The van der Waals surface area contributed by atoms with Crippen LogP contribution in [0.15, 0.2) is 36.4 Å². The average molecular weight is 351 g/mol. The summed E-state index contributed by atoms with van der Waals surface area (Å²) in [7, 11) is 0. The number of carbonyl (C=O) groups excluding carboxylic acids is 1. The highest BCUT2D eigenvalue weighted by Crippen LogP contribution is 2.37. The zero-order valence-corrected chi connectivity index (χ0v) is 16.3. The molecule has 0 N–H and O–H groups in total. The molecule has 138 valence electrons. The van der Waals surface area contributed by atoms with Gasteiger partial charge in [-0.3, -0.25) is 4.79 Å². The smallest absolute Gasteiger partial charge is 0.309 e. The van der Waals surface area contributed by atoms with Gasteiger partial charge in [0, 0.05) is 5.56 Å². The molecule has 1 atom stereocenters. The second-order valence-corrected chi connectivity index (χ2v) is 7.62. The topological polar surface area (TPSA) is 26.3 Å². The molecule has 1 aliphatic rings. The summed E-state index contributed by atoms with van der Waals surface area (Å²) in [6.45, 7) is 6.00. The molecule has 0 aliphatic heterocycles. The van der Waals surface area contributed by atoms with E-state index >= 15 is 0 Å². The molecule has 0 aromatic heterocycles. The maximum atomic E-state index is 12.1. The summed E-state index contributed by atoms with van der Waals surface area (Å²) in [5, 5.41) is 2.48. The third-order valence-electron chi connectivity index (χ3n) is 5.22. The molecular weight excluding hydrogens is 320 g/mol. The molecule has 2 heteroatoms. The van der Waals surface area contributed by atoms with E-state index in [2.05, 4.69) is 43.3 Å². The standard InChI is InChI=1S/C24H30O2/c1-4-5-6-7-8-10-18-13-14-19-11-9-12-21-22(26-24(25)17(2)3)16-15-20(18)23(19)21/h9,11-17,22H,4-8,10H2,1-3H3. The van der Waals surface area contributed by atoms with E-state index in [1.807, 2.05) is 19.9 Å². The maximum absolute atomic E-state index is 12.1. The normalized spacial score (nSPS) is 15.6. The first kappa shape index (κ1) is 18.7. The van der Waals surface area contributed by atoms with E-state index in [0.29, 0.717) is 0 Å². The lowest BCUT2D eigenvalue weighted by Gasteiger charge is -2.24. The Labute approximate surface area is 157 Å². The molecule has 2 aromatic rings. The van der Waals surface area contributed by atoms with Crippen molar-refractivity contribution in [3.05, 3.63) is 53.1 Å². The van der Waals surface area contributed by atoms with Gasteiger partial charge >= 0.3 is 5.97 Å². The number of rotatable bonds is 8. The minimum absolute atomic E-state index is 0.113. The van der Waals surface area contributed by atoms with Crippen molar-refractivity contribution in [2.75, 3.05) is 0 Å². The molecule has 0 bridgehead atoms. The van der Waals surface area contributed by atoms with Gasteiger partial charge < -0.3 is 4.74 Å². The second kappa shape index (κ2) is 8.53. The third-order valence-corrected chi connectivity index (χ3v) is 5.22. The van der Waals surface area contributed by atoms with Gasteiger partial charge in [0.05, 0.1) is 5.92 Å². The number of esters is 1. The van der Waals surface area contributed by atoms with E-state index in [9.17, 15) is 4.79 Å². The summed E-state index contributed by atoms with van der Waals surface area (Å²) >= 11 is 0. The summed E-state index contributed by atoms with van der Waals surface area (Å²) < 4.78 is 5.74. The zero-order chi connectivity index (χ0) is 18.5. The van der Waals surface area contributed by atoms with Crippen LogP contribution in [0.2, 0.25) is 0 Å². The first-order valence-electron chi connectivity index (χ1n) is 10.0. The van der Waals surface area contributed by atoms with Gasteiger partial charge in [0.2, 0.25) is 0 Å². The maximum Gasteiger partial charge on any atom is 0.309 e. The summed E-state index contributed by atoms with van der Waals surface area (Å²) in [6, 6.07) is 10.8. The summed E-state index contributed by atoms with van der Waals surface area (Å²) in [4.78, 5) is 12.1. The van der Waals surface area contributed by atoms with Crippen LogP contribution in [0.25, 0.3) is 16.8 Å². The number of aryl methyl sites for hydroxylation is 1. The van der Waals surface area contributed by atoms with Crippen LogP contribution < -0.4 is 0 Å². The number of ether oxygens (including phenoxy) is 1. The van der Waals surface area contributed by atoms with E-state index in [-0.39, 0.29) is 18.0 Å². The number of hydrogen-bond donors (Lipinski definition) is 0. The van der Waals surface area contributed by atoms with Gasteiger partial charge in [-0.1, -0.05) is 82.9 Å². The van der Waals surface area contributed by atoms with E-state index in [1.165, 1.54) is 54.0 Å². The average Bonchev–Trinajstić information content (AvgIpc) is 2.64. The summed E-state index contributed by atoms with van der Waals surface area (Å²) in [5.74, 6) is -0.259. The highest BCUT2D eigenvalue weighted by molar-refractivity contribution is 5.97. The molecule has 0 fully saturated rings. The van der Waals surface area contributed by atoms with Crippen molar-refractivity contribution < 1.29 is 9.53 Å². The van der Waals surface area contributed by atoms with Crippen molar-refractivity contribution in [1.29, 1.82) is 0 Å². The Morgan fingerprint density at radius 2 is 1.88 bits per heavy atom. The molecule has 26 heavy (non-hydrogen) atoms. The van der Waals surface area contributed by atoms with E-state index < -0.39 is 0 Å². The van der Waals surface area contributed by atoms with Gasteiger partial charge in [-0.25, -0.2) is 0 Å². The van der Waals surface area contributed by atoms with Gasteiger partial charge in [-0.05, 0) is 40.8 Å². The number of hydrogen-bond acceptors (Lipinski definition) is 2. The SMILES string of the molecule is CCCCCCCc1ccc2cccc3c2c1C=CC3OC(=O)C(C)C. The van der Waals surface area contributed by atoms with Gasteiger partial charge in [-0.15, -0.1) is 0 Å². The molecule has 1 unspecified atom stereocenters. The molecule has 0 saturated carbocycles. The first-order valence-corrected chi connectivity index (χ1v) is 10.0. The van der Waals surface area contributed by atoms with Gasteiger partial charge in [0.1, 0.15) is 6.10 Å². The monoisotopic (exact) mass is 350 g/mol. The van der Waals surface area contributed by atoms with Crippen molar-refractivity contribution in [1.82, 2.24) is 0 Å². The van der Waals surface area contributed by atoms with Crippen molar-refractivity contribution in [3.63, 3.8) is 0 Å². The highest BCUT2D eigenvalue weighted by Gasteiger charge is 2.23. The van der Waals surface area contributed by atoms with Crippen molar-refractivity contribution in [2.45, 2.75) is 65.4 Å². The minimum atomic E-state index is -0.277. The van der Waals surface area contributed by atoms with Crippen molar-refractivity contribution in [3.8, 4) is 0 Å². The Balaban J connectivity index is 1.86. The van der Waals surface area contributed by atoms with E-state index in [1.54, 1.807) is 0 Å². The molecule has 0 saturated heterocycles. The zero-order valence-electron chi connectivity index (χ0n) is 16.3. The summed E-state index contributed by atoms with van der Waals surface area (Å²) in [5.41, 5.74) is 3.83. The minimum Gasteiger partial charge on any atom is -0.453 e. The molecule has 1 aliphatic carbocycles. The molecule has 0 spiro atoms. The molecule has 0 amide bonds. The lowest BCUT2D eigenvalue weighted by atomic mass is 9.87. The van der Waals surface area contributed by atoms with Crippen LogP contribution in [-0.4, -0.2) is 5.97 Å². The summed E-state index contributed by atoms with van der Waals surface area (Å²) in [6.07, 6.45) is 11.5. The quantitative estimate of drug-likeness (QED) is 0.395. The predicted octanol–water partition coefficient (Wildman–Crippen LogP) is 6.62. The lowest BCUT2D eigenvalue weighted by molar-refractivity contribution is -0.150. The number of benzene rings is 2. The van der Waals surface area contributed by atoms with E-state index in [0.717, 1.165) is 12.0 Å². The molecule has 3 rings (SSSR count). The Hall–Kier alpha value is -2.09. The van der Waals surface area contributed by atoms with Crippen molar-refractivity contribution in [2.24, 2.45) is 5.92 Å². The van der Waals surface area contributed by atoms with E-state index in [4.69, 9.17) is 4.74 Å². The third kappa shape index (κ3) is 4.00. The van der Waals surface area contributed by atoms with Crippen LogP contribution in [0, 0.1) is 5.92 Å².